The van der Waals surface area contributed by atoms with E-state index in [1.54, 1.807) is 18.9 Å². The van der Waals surface area contributed by atoms with Gasteiger partial charge in [0.25, 0.3) is 5.69 Å². The second-order valence-electron chi connectivity index (χ2n) is 6.20. The number of hydrogen-bond acceptors (Lipinski definition) is 4. The molecule has 0 bridgehead atoms. The van der Waals surface area contributed by atoms with Crippen LogP contribution in [-0.2, 0) is 17.5 Å². The minimum atomic E-state index is -4.41. The maximum Gasteiger partial charge on any atom is 0.416 e. The molecule has 150 valence electrons. The number of nitro benzene ring substituents is 1. The van der Waals surface area contributed by atoms with Crippen molar-refractivity contribution in [3.05, 3.63) is 68.7 Å². The van der Waals surface area contributed by atoms with Crippen molar-refractivity contribution < 1.29 is 22.9 Å². The van der Waals surface area contributed by atoms with Crippen LogP contribution in [0.25, 0.3) is 0 Å². The number of alkyl halides is 3. The molecule has 6 nitrogen and oxygen atoms in total. The quantitative estimate of drug-likeness (QED) is 0.547. The lowest BCUT2D eigenvalue weighted by Crippen LogP contribution is -2.39. The standard InChI is InChI=1S/C18H17ClF3N3O3/c1-11(17(26)23-16-9-14(25(27)28)7-8-15(16)19)24(2)10-12-3-5-13(6-4-12)18(20,21)22/h3-9,11H,10H2,1-2H3,(H,23,26). The summed E-state index contributed by atoms with van der Waals surface area (Å²) in [6.45, 7) is 1.83. The molecule has 10 heteroatoms. The number of amides is 1. The van der Waals surface area contributed by atoms with E-state index in [9.17, 15) is 28.1 Å². The highest BCUT2D eigenvalue weighted by molar-refractivity contribution is 6.33. The van der Waals surface area contributed by atoms with Gasteiger partial charge in [-0.25, -0.2) is 0 Å². The van der Waals surface area contributed by atoms with Gasteiger partial charge in [-0.05, 0) is 37.7 Å². The van der Waals surface area contributed by atoms with E-state index < -0.39 is 28.6 Å². The van der Waals surface area contributed by atoms with E-state index in [2.05, 4.69) is 5.32 Å². The molecule has 1 atom stereocenters. The SMILES string of the molecule is CC(C(=O)Nc1cc([N+](=O)[O-])ccc1Cl)N(C)Cc1ccc(C(F)(F)F)cc1. The molecule has 28 heavy (non-hydrogen) atoms. The molecule has 0 radical (unpaired) electrons. The van der Waals surface area contributed by atoms with Crippen LogP contribution < -0.4 is 5.32 Å². The Morgan fingerprint density at radius 2 is 1.86 bits per heavy atom. The van der Waals surface area contributed by atoms with Crippen LogP contribution in [0.15, 0.2) is 42.5 Å². The first-order chi connectivity index (χ1) is 13.0. The fraction of sp³-hybridized carbons (Fsp3) is 0.278. The van der Waals surface area contributed by atoms with Gasteiger partial charge in [0.2, 0.25) is 5.91 Å². The van der Waals surface area contributed by atoms with Gasteiger partial charge >= 0.3 is 6.18 Å². The molecule has 2 aromatic carbocycles. The van der Waals surface area contributed by atoms with E-state index >= 15 is 0 Å². The van der Waals surface area contributed by atoms with Gasteiger partial charge in [0.1, 0.15) is 0 Å². The maximum absolute atomic E-state index is 12.6. The largest absolute Gasteiger partial charge is 0.416 e. The zero-order valence-electron chi connectivity index (χ0n) is 15.0. The number of likely N-dealkylation sites (N-methyl/N-ethyl adjacent to an activating group) is 1. The Bertz CT molecular complexity index is 873. The van der Waals surface area contributed by atoms with Gasteiger partial charge in [-0.2, -0.15) is 13.2 Å². The number of rotatable bonds is 6. The Hall–Kier alpha value is -2.65. The molecular weight excluding hydrogens is 399 g/mol. The van der Waals surface area contributed by atoms with Gasteiger partial charge < -0.3 is 5.32 Å². The number of nitrogens with one attached hydrogen (secondary N) is 1. The van der Waals surface area contributed by atoms with Gasteiger partial charge in [0, 0.05) is 18.7 Å². The van der Waals surface area contributed by atoms with E-state index in [1.165, 1.54) is 24.3 Å². The third kappa shape index (κ3) is 5.43. The average molecular weight is 416 g/mol. The first-order valence-electron chi connectivity index (χ1n) is 8.10. The van der Waals surface area contributed by atoms with Crippen molar-refractivity contribution in [2.45, 2.75) is 25.7 Å². The second-order valence-corrected chi connectivity index (χ2v) is 6.60. The summed E-state index contributed by atoms with van der Waals surface area (Å²) in [4.78, 5) is 24.3. The molecule has 2 rings (SSSR count). The first kappa shape index (κ1) is 21.6. The van der Waals surface area contributed by atoms with E-state index in [1.807, 2.05) is 0 Å². The van der Waals surface area contributed by atoms with Gasteiger partial charge in [-0.3, -0.25) is 19.8 Å². The molecule has 0 spiro atoms. The summed E-state index contributed by atoms with van der Waals surface area (Å²) in [7, 11) is 1.64. The van der Waals surface area contributed by atoms with Gasteiger partial charge in [0.05, 0.1) is 27.2 Å². The molecule has 0 aliphatic carbocycles. The number of nitrogens with zero attached hydrogens (tertiary/aromatic N) is 2. The smallest absolute Gasteiger partial charge is 0.323 e. The van der Waals surface area contributed by atoms with Crippen molar-refractivity contribution in [1.29, 1.82) is 0 Å². The molecule has 1 unspecified atom stereocenters. The Morgan fingerprint density at radius 3 is 2.39 bits per heavy atom. The van der Waals surface area contributed by atoms with Crippen molar-refractivity contribution in [1.82, 2.24) is 4.90 Å². The van der Waals surface area contributed by atoms with E-state index in [0.29, 0.717) is 5.56 Å². The normalized spacial score (nSPS) is 12.7. The van der Waals surface area contributed by atoms with Gasteiger partial charge in [-0.15, -0.1) is 0 Å². The van der Waals surface area contributed by atoms with E-state index in [4.69, 9.17) is 11.6 Å². The van der Waals surface area contributed by atoms with Crippen LogP contribution in [0.4, 0.5) is 24.5 Å². The van der Waals surface area contributed by atoms with Crippen LogP contribution in [-0.4, -0.2) is 28.8 Å². The molecule has 0 saturated carbocycles. The number of halogens is 4. The highest BCUT2D eigenvalue weighted by atomic mass is 35.5. The predicted octanol–water partition coefficient (Wildman–Crippen LogP) is 4.73. The summed E-state index contributed by atoms with van der Waals surface area (Å²) in [5, 5.41) is 13.5. The Labute approximate surface area is 164 Å². The fourth-order valence-electron chi connectivity index (χ4n) is 2.38. The van der Waals surface area contributed by atoms with E-state index in [-0.39, 0.29) is 22.9 Å². The molecule has 0 aromatic heterocycles. The topological polar surface area (TPSA) is 75.5 Å². The molecular formula is C18H17ClF3N3O3. The van der Waals surface area contributed by atoms with Gasteiger partial charge in [0.15, 0.2) is 0 Å². The summed E-state index contributed by atoms with van der Waals surface area (Å²) < 4.78 is 37.9. The summed E-state index contributed by atoms with van der Waals surface area (Å²) in [6.07, 6.45) is -4.41. The van der Waals surface area contributed by atoms with Crippen molar-refractivity contribution in [3.63, 3.8) is 0 Å². The average Bonchev–Trinajstić information content (AvgIpc) is 2.62. The van der Waals surface area contributed by atoms with Crippen LogP contribution in [0.1, 0.15) is 18.1 Å². The highest BCUT2D eigenvalue weighted by Crippen LogP contribution is 2.29. The number of nitro groups is 1. The lowest BCUT2D eigenvalue weighted by atomic mass is 10.1. The molecule has 1 amide bonds. The number of carbonyl (C=O) groups excluding carboxylic acids is 1. The number of carbonyl (C=O) groups is 1. The summed E-state index contributed by atoms with van der Waals surface area (Å²) in [5.41, 5.74) is -0.255. The fourth-order valence-corrected chi connectivity index (χ4v) is 2.55. The Kier molecular flexibility index (Phi) is 6.63. The van der Waals surface area contributed by atoms with Crippen LogP contribution in [0.5, 0.6) is 0 Å². The molecule has 0 fully saturated rings. The van der Waals surface area contributed by atoms with Crippen molar-refractivity contribution in [3.8, 4) is 0 Å². The monoisotopic (exact) mass is 415 g/mol. The number of non-ortho nitro benzene ring substituents is 1. The number of benzene rings is 2. The van der Waals surface area contributed by atoms with Crippen molar-refractivity contribution in [2.75, 3.05) is 12.4 Å². The summed E-state index contributed by atoms with van der Waals surface area (Å²) >= 11 is 5.97. The van der Waals surface area contributed by atoms with Crippen LogP contribution >= 0.6 is 11.6 Å². The van der Waals surface area contributed by atoms with E-state index in [0.717, 1.165) is 18.2 Å². The molecule has 0 aliphatic rings. The number of hydrogen-bond donors (Lipinski definition) is 1. The third-order valence-corrected chi connectivity index (χ3v) is 4.50. The minimum Gasteiger partial charge on any atom is -0.323 e. The zero-order chi connectivity index (χ0) is 21.1. The number of anilines is 1. The first-order valence-corrected chi connectivity index (χ1v) is 8.48. The predicted molar refractivity (Wildman–Crippen MR) is 99.1 cm³/mol. The lowest BCUT2D eigenvalue weighted by Gasteiger charge is -2.24. The Balaban J connectivity index is 2.04. The summed E-state index contributed by atoms with van der Waals surface area (Å²) in [5.74, 6) is -0.461. The molecule has 0 saturated heterocycles. The minimum absolute atomic E-state index is 0.107. The molecule has 0 aliphatic heterocycles. The van der Waals surface area contributed by atoms with Crippen LogP contribution in [0, 0.1) is 10.1 Å². The molecule has 2 aromatic rings. The van der Waals surface area contributed by atoms with Gasteiger partial charge in [-0.1, -0.05) is 23.7 Å². The van der Waals surface area contributed by atoms with Crippen molar-refractivity contribution >= 4 is 28.9 Å². The third-order valence-electron chi connectivity index (χ3n) is 4.17. The molecule has 0 heterocycles. The zero-order valence-corrected chi connectivity index (χ0v) is 15.7. The van der Waals surface area contributed by atoms with Crippen LogP contribution in [0.2, 0.25) is 5.02 Å². The summed E-state index contributed by atoms with van der Waals surface area (Å²) in [6, 6.07) is 7.68. The maximum atomic E-state index is 12.6. The van der Waals surface area contributed by atoms with Crippen LogP contribution in [0.3, 0.4) is 0 Å². The second kappa shape index (κ2) is 8.57. The lowest BCUT2D eigenvalue weighted by molar-refractivity contribution is -0.384. The molecule has 1 N–H and O–H groups in total. The highest BCUT2D eigenvalue weighted by Gasteiger charge is 2.30. The Morgan fingerprint density at radius 1 is 1.25 bits per heavy atom. The van der Waals surface area contributed by atoms with Crippen molar-refractivity contribution in [2.24, 2.45) is 0 Å².